The van der Waals surface area contributed by atoms with E-state index < -0.39 is 6.04 Å². The highest BCUT2D eigenvalue weighted by atomic mass is 35.5. The second kappa shape index (κ2) is 14.0. The van der Waals surface area contributed by atoms with Crippen LogP contribution in [0.1, 0.15) is 35.8 Å². The number of fused-ring (bicyclic) bond motifs is 1. The molecule has 2 amide bonds. The Morgan fingerprint density at radius 2 is 1.60 bits per heavy atom. The molecule has 0 aliphatic rings. The van der Waals surface area contributed by atoms with Crippen molar-refractivity contribution in [2.45, 2.75) is 25.9 Å². The minimum absolute atomic E-state index is 0. The maximum Gasteiger partial charge on any atom is 0.251 e. The molecule has 218 valence electrons. The minimum Gasteiger partial charge on any atom is -0.346 e. The van der Waals surface area contributed by atoms with Crippen LogP contribution >= 0.6 is 24.8 Å². The topological polar surface area (TPSA) is 112 Å². The first-order chi connectivity index (χ1) is 19.3. The number of hydrogen-bond donors (Lipinski definition) is 4. The first-order valence-corrected chi connectivity index (χ1v) is 12.9. The van der Waals surface area contributed by atoms with Crippen molar-refractivity contribution in [1.82, 2.24) is 25.6 Å². The van der Waals surface area contributed by atoms with Gasteiger partial charge in [0, 0.05) is 28.4 Å². The lowest BCUT2D eigenvalue weighted by atomic mass is 10.0. The van der Waals surface area contributed by atoms with Crippen molar-refractivity contribution >= 4 is 53.1 Å². The number of likely N-dealkylation sites (N-methyl/N-ethyl adjacent to an activating group) is 1. The van der Waals surface area contributed by atoms with Crippen LogP contribution in [0.5, 0.6) is 0 Å². The second-order valence-electron chi connectivity index (χ2n) is 9.61. The Kier molecular flexibility index (Phi) is 10.8. The molecule has 0 saturated heterocycles. The zero-order chi connectivity index (χ0) is 28.2. The molecular formula is C31H31Cl2FN6O2. The molecule has 3 aromatic carbocycles. The molecule has 0 bridgehead atoms. The van der Waals surface area contributed by atoms with Gasteiger partial charge in [-0.2, -0.15) is 0 Å². The van der Waals surface area contributed by atoms with E-state index in [0.29, 0.717) is 34.0 Å². The van der Waals surface area contributed by atoms with Gasteiger partial charge in [0.25, 0.3) is 5.91 Å². The number of carbonyl (C=O) groups is 2. The summed E-state index contributed by atoms with van der Waals surface area (Å²) in [6.45, 7) is 3.57. The largest absolute Gasteiger partial charge is 0.346 e. The van der Waals surface area contributed by atoms with E-state index in [-0.39, 0.29) is 48.5 Å². The molecule has 5 aromatic rings. The Bertz CT molecular complexity index is 1690. The van der Waals surface area contributed by atoms with Crippen LogP contribution in [0.2, 0.25) is 0 Å². The molecular weight excluding hydrogens is 578 g/mol. The number of imidazole rings is 1. The fraction of sp³-hybridized carbons (Fsp3) is 0.161. The van der Waals surface area contributed by atoms with Gasteiger partial charge in [-0.3, -0.25) is 14.6 Å². The second-order valence-corrected chi connectivity index (χ2v) is 9.61. The highest BCUT2D eigenvalue weighted by molar-refractivity contribution is 6.00. The molecule has 0 saturated carbocycles. The summed E-state index contributed by atoms with van der Waals surface area (Å²) in [5, 5.41) is 10.8. The lowest BCUT2D eigenvalue weighted by molar-refractivity contribution is -0.117. The number of carbonyl (C=O) groups excluding carboxylic acids is 2. The van der Waals surface area contributed by atoms with E-state index in [0.717, 1.165) is 16.3 Å². The molecule has 0 radical (unpaired) electrons. The number of anilines is 1. The standard InChI is InChI=1S/C31H29FN6O2.2ClH/c1-18(20-8-10-25(32)11-9-20)36-31(40)24-12-23(13-26(14-24)37-30(39)19(2)33-3)28-17-35-29(38-28)27-15-21-6-4-5-7-22(21)16-34-27;;/h4-19,33H,1-3H3,(H,35,38)(H,36,40)(H,37,39);2*1H/t18-,19+;;/m1../s1. The van der Waals surface area contributed by atoms with Gasteiger partial charge in [0.15, 0.2) is 5.82 Å². The SMILES string of the molecule is CN[C@@H](C)C(=O)Nc1cc(C(=O)N[C@H](C)c2ccc(F)cc2)cc(-c2cnc(-c3cc4ccccc4cn3)[nH]2)c1.Cl.Cl. The predicted molar refractivity (Wildman–Crippen MR) is 169 cm³/mol. The Hall–Kier alpha value is -4.31. The third-order valence-electron chi connectivity index (χ3n) is 6.77. The molecule has 8 nitrogen and oxygen atoms in total. The van der Waals surface area contributed by atoms with Crippen molar-refractivity contribution in [2.75, 3.05) is 12.4 Å². The Balaban J connectivity index is 0.00000242. The van der Waals surface area contributed by atoms with E-state index in [2.05, 4.69) is 30.9 Å². The molecule has 2 atom stereocenters. The van der Waals surface area contributed by atoms with Crippen molar-refractivity contribution < 1.29 is 14.0 Å². The summed E-state index contributed by atoms with van der Waals surface area (Å²) in [6.07, 6.45) is 3.48. The van der Waals surface area contributed by atoms with Crippen LogP contribution in [0.15, 0.2) is 85.2 Å². The van der Waals surface area contributed by atoms with Gasteiger partial charge in [-0.25, -0.2) is 9.37 Å². The molecule has 2 heterocycles. The molecule has 0 spiro atoms. The van der Waals surface area contributed by atoms with Crippen molar-refractivity contribution in [3.8, 4) is 22.8 Å². The Labute approximate surface area is 255 Å². The molecule has 5 rings (SSSR count). The number of nitrogens with zero attached hydrogens (tertiary/aromatic N) is 2. The van der Waals surface area contributed by atoms with Crippen molar-refractivity contribution in [1.29, 1.82) is 0 Å². The number of hydrogen-bond acceptors (Lipinski definition) is 5. The molecule has 0 fully saturated rings. The molecule has 2 aromatic heterocycles. The van der Waals surface area contributed by atoms with E-state index in [9.17, 15) is 14.0 Å². The van der Waals surface area contributed by atoms with E-state index in [1.165, 1.54) is 12.1 Å². The van der Waals surface area contributed by atoms with Gasteiger partial charge < -0.3 is 20.9 Å². The first kappa shape index (κ1) is 32.2. The summed E-state index contributed by atoms with van der Waals surface area (Å²) in [6, 6.07) is 20.2. The number of H-pyrrole nitrogens is 1. The number of nitrogens with one attached hydrogen (secondary N) is 4. The van der Waals surface area contributed by atoms with Crippen LogP contribution in [0, 0.1) is 5.82 Å². The molecule has 0 aliphatic heterocycles. The van der Waals surface area contributed by atoms with Gasteiger partial charge in [-0.05, 0) is 68.2 Å². The number of halogens is 3. The number of aromatic amines is 1. The summed E-state index contributed by atoms with van der Waals surface area (Å²) >= 11 is 0. The van der Waals surface area contributed by atoms with Crippen LogP contribution in [0.3, 0.4) is 0 Å². The molecule has 4 N–H and O–H groups in total. The van der Waals surface area contributed by atoms with Crippen LogP contribution < -0.4 is 16.0 Å². The minimum atomic E-state index is -0.433. The third-order valence-corrected chi connectivity index (χ3v) is 6.77. The van der Waals surface area contributed by atoms with Gasteiger partial charge in [0.1, 0.15) is 11.5 Å². The Morgan fingerprint density at radius 1 is 0.881 bits per heavy atom. The maximum absolute atomic E-state index is 13.4. The van der Waals surface area contributed by atoms with E-state index >= 15 is 0 Å². The van der Waals surface area contributed by atoms with Crippen LogP contribution in [0.4, 0.5) is 10.1 Å². The van der Waals surface area contributed by atoms with Gasteiger partial charge in [0.05, 0.1) is 24.0 Å². The maximum atomic E-state index is 13.4. The van der Waals surface area contributed by atoms with Crippen LogP contribution in [0.25, 0.3) is 33.5 Å². The summed E-state index contributed by atoms with van der Waals surface area (Å²) in [5.41, 5.74) is 3.58. The summed E-state index contributed by atoms with van der Waals surface area (Å²) in [4.78, 5) is 38.3. The highest BCUT2D eigenvalue weighted by Crippen LogP contribution is 2.27. The molecule has 0 unspecified atom stereocenters. The lowest BCUT2D eigenvalue weighted by Gasteiger charge is -2.16. The fourth-order valence-electron chi connectivity index (χ4n) is 4.29. The van der Waals surface area contributed by atoms with Crippen LogP contribution in [-0.4, -0.2) is 39.9 Å². The van der Waals surface area contributed by atoms with Gasteiger partial charge in [-0.15, -0.1) is 24.8 Å². The quantitative estimate of drug-likeness (QED) is 0.165. The average Bonchev–Trinajstić information content (AvgIpc) is 3.47. The lowest BCUT2D eigenvalue weighted by Crippen LogP contribution is -2.35. The van der Waals surface area contributed by atoms with Crippen molar-refractivity contribution in [2.24, 2.45) is 0 Å². The molecule has 11 heteroatoms. The number of rotatable bonds is 8. The zero-order valence-corrected chi connectivity index (χ0v) is 24.8. The first-order valence-electron chi connectivity index (χ1n) is 12.9. The van der Waals surface area contributed by atoms with Crippen molar-refractivity contribution in [3.63, 3.8) is 0 Å². The highest BCUT2D eigenvalue weighted by Gasteiger charge is 2.17. The van der Waals surface area contributed by atoms with E-state index in [1.54, 1.807) is 56.7 Å². The number of amides is 2. The van der Waals surface area contributed by atoms with Gasteiger partial charge in [-0.1, -0.05) is 36.4 Å². The van der Waals surface area contributed by atoms with E-state index in [1.807, 2.05) is 37.3 Å². The summed E-state index contributed by atoms with van der Waals surface area (Å²) in [5.74, 6) is -0.345. The predicted octanol–water partition coefficient (Wildman–Crippen LogP) is 6.31. The average molecular weight is 610 g/mol. The Morgan fingerprint density at radius 3 is 2.31 bits per heavy atom. The smallest absolute Gasteiger partial charge is 0.251 e. The normalized spacial score (nSPS) is 12.0. The van der Waals surface area contributed by atoms with Gasteiger partial charge in [0.2, 0.25) is 5.91 Å². The number of pyridine rings is 1. The molecule has 42 heavy (non-hydrogen) atoms. The number of benzene rings is 3. The van der Waals surface area contributed by atoms with E-state index in [4.69, 9.17) is 0 Å². The fourth-order valence-corrected chi connectivity index (χ4v) is 4.29. The van der Waals surface area contributed by atoms with Crippen LogP contribution in [-0.2, 0) is 4.79 Å². The summed E-state index contributed by atoms with van der Waals surface area (Å²) < 4.78 is 13.4. The summed E-state index contributed by atoms with van der Waals surface area (Å²) in [7, 11) is 1.70. The third kappa shape index (κ3) is 7.30. The monoisotopic (exact) mass is 608 g/mol. The molecule has 0 aliphatic carbocycles. The number of aromatic nitrogens is 3. The van der Waals surface area contributed by atoms with Gasteiger partial charge >= 0.3 is 0 Å². The van der Waals surface area contributed by atoms with Crippen molar-refractivity contribution in [3.05, 3.63) is 102 Å². The zero-order valence-electron chi connectivity index (χ0n) is 23.1.